The number of nitrogens with zero attached hydrogens (tertiary/aromatic N) is 4. The average molecular weight is 399 g/mol. The Hall–Kier alpha value is -3.08. The zero-order valence-electron chi connectivity index (χ0n) is 17.6. The number of piperidine rings is 1. The van der Waals surface area contributed by atoms with Gasteiger partial charge in [-0.15, -0.1) is 0 Å². The Morgan fingerprint density at radius 1 is 1.07 bits per heavy atom. The minimum absolute atomic E-state index is 0.0417. The first kappa shape index (κ1) is 18.9. The highest BCUT2D eigenvalue weighted by Crippen LogP contribution is 2.44. The van der Waals surface area contributed by atoms with Crippen molar-refractivity contribution in [3.63, 3.8) is 0 Å². The van der Waals surface area contributed by atoms with E-state index in [1.807, 2.05) is 49.2 Å². The quantitative estimate of drug-likeness (QED) is 0.647. The van der Waals surface area contributed by atoms with Crippen LogP contribution in [0.25, 0.3) is 11.1 Å². The van der Waals surface area contributed by atoms with Crippen molar-refractivity contribution in [2.45, 2.75) is 44.9 Å². The second kappa shape index (κ2) is 7.31. The third-order valence-electron chi connectivity index (χ3n) is 6.66. The van der Waals surface area contributed by atoms with Crippen LogP contribution in [0.2, 0.25) is 0 Å². The summed E-state index contributed by atoms with van der Waals surface area (Å²) in [6.45, 7) is 5.38. The maximum atomic E-state index is 13.8. The Balaban J connectivity index is 1.51. The van der Waals surface area contributed by atoms with Crippen LogP contribution in [-0.2, 0) is 11.8 Å². The summed E-state index contributed by atoms with van der Waals surface area (Å²) in [6, 6.07) is 12.1. The van der Waals surface area contributed by atoms with Gasteiger partial charge >= 0.3 is 0 Å². The van der Waals surface area contributed by atoms with Gasteiger partial charge in [0.25, 0.3) is 5.91 Å². The van der Waals surface area contributed by atoms with Gasteiger partial charge in [0.2, 0.25) is 0 Å². The summed E-state index contributed by atoms with van der Waals surface area (Å²) in [5.74, 6) is 0.894. The van der Waals surface area contributed by atoms with E-state index in [0.29, 0.717) is 0 Å². The molecule has 30 heavy (non-hydrogen) atoms. The van der Waals surface area contributed by atoms with E-state index in [2.05, 4.69) is 22.1 Å². The Labute approximate surface area is 177 Å². The summed E-state index contributed by atoms with van der Waals surface area (Å²) in [6.07, 6.45) is 7.89. The van der Waals surface area contributed by atoms with Gasteiger partial charge < -0.3 is 4.90 Å². The van der Waals surface area contributed by atoms with Crippen molar-refractivity contribution >= 4 is 5.91 Å². The lowest BCUT2D eigenvalue weighted by molar-refractivity contribution is 0.0633. The largest absolute Gasteiger partial charge is 0.338 e. The number of amides is 1. The van der Waals surface area contributed by atoms with Crippen LogP contribution >= 0.6 is 0 Å². The average Bonchev–Trinajstić information content (AvgIpc) is 3.10. The normalized spacial score (nSPS) is 20.4. The third kappa shape index (κ3) is 3.09. The lowest BCUT2D eigenvalue weighted by Crippen LogP contribution is -2.48. The van der Waals surface area contributed by atoms with Crippen molar-refractivity contribution in [1.29, 1.82) is 0 Å². The monoisotopic (exact) mass is 398 g/mol. The van der Waals surface area contributed by atoms with E-state index in [1.165, 1.54) is 11.3 Å². The molecule has 1 aliphatic heterocycles. The number of aromatic nitrogens is 3. The molecule has 1 aromatic carbocycles. The summed E-state index contributed by atoms with van der Waals surface area (Å²) in [7, 11) is 0. The smallest absolute Gasteiger partial charge is 0.256 e. The highest BCUT2D eigenvalue weighted by Gasteiger charge is 2.45. The Morgan fingerprint density at radius 3 is 2.73 bits per heavy atom. The van der Waals surface area contributed by atoms with E-state index in [4.69, 9.17) is 4.98 Å². The number of carbonyl (C=O) groups excluding carboxylic acids is 1. The van der Waals surface area contributed by atoms with Gasteiger partial charge in [-0.2, -0.15) is 0 Å². The number of benzene rings is 1. The first-order valence-corrected chi connectivity index (χ1v) is 10.7. The first-order chi connectivity index (χ1) is 14.6. The first-order valence-electron chi connectivity index (χ1n) is 10.7. The van der Waals surface area contributed by atoms with Crippen LogP contribution in [-0.4, -0.2) is 38.8 Å². The molecule has 0 saturated carbocycles. The van der Waals surface area contributed by atoms with E-state index < -0.39 is 0 Å². The fraction of sp³-hybridized carbons (Fsp3) is 0.360. The van der Waals surface area contributed by atoms with E-state index in [1.54, 1.807) is 6.20 Å². The molecule has 1 saturated heterocycles. The van der Waals surface area contributed by atoms with Crippen LogP contribution in [0, 0.1) is 13.8 Å². The number of pyridine rings is 1. The summed E-state index contributed by atoms with van der Waals surface area (Å²) >= 11 is 0. The summed E-state index contributed by atoms with van der Waals surface area (Å²) < 4.78 is 0. The van der Waals surface area contributed by atoms with Crippen molar-refractivity contribution in [2.75, 3.05) is 13.1 Å². The zero-order chi connectivity index (χ0) is 20.7. The number of carbonyl (C=O) groups is 1. The molecule has 1 amide bonds. The van der Waals surface area contributed by atoms with Crippen molar-refractivity contribution in [1.82, 2.24) is 19.9 Å². The SMILES string of the molecule is Cc1ncc2c(n1)C1(CCCN(C(=O)c3c(-c4ccccc4)ccnc3C)C1)CC2. The lowest BCUT2D eigenvalue weighted by Gasteiger charge is -2.41. The van der Waals surface area contributed by atoms with Crippen molar-refractivity contribution in [3.8, 4) is 11.1 Å². The summed E-state index contributed by atoms with van der Waals surface area (Å²) in [4.78, 5) is 29.5. The summed E-state index contributed by atoms with van der Waals surface area (Å²) in [5, 5.41) is 0. The minimum Gasteiger partial charge on any atom is -0.338 e. The van der Waals surface area contributed by atoms with Crippen LogP contribution < -0.4 is 0 Å². The van der Waals surface area contributed by atoms with Crippen molar-refractivity contribution in [2.24, 2.45) is 0 Å². The molecule has 2 aromatic heterocycles. The van der Waals surface area contributed by atoms with Crippen molar-refractivity contribution < 1.29 is 4.79 Å². The standard InChI is InChI=1S/C25H26N4O/c1-17-22(21(10-13-26-17)19-7-4-3-5-8-19)24(30)29-14-6-11-25(16-29)12-9-20-15-27-18(2)28-23(20)25/h3-5,7-8,10,13,15H,6,9,11-12,14,16H2,1-2H3. The molecule has 3 aromatic rings. The molecule has 3 heterocycles. The third-order valence-corrected chi connectivity index (χ3v) is 6.66. The second-order valence-corrected chi connectivity index (χ2v) is 8.59. The van der Waals surface area contributed by atoms with Crippen LogP contribution in [0.15, 0.2) is 48.8 Å². The van der Waals surface area contributed by atoms with Gasteiger partial charge in [0.1, 0.15) is 5.82 Å². The van der Waals surface area contributed by atoms with E-state index in [-0.39, 0.29) is 11.3 Å². The molecular formula is C25H26N4O. The van der Waals surface area contributed by atoms with E-state index >= 15 is 0 Å². The van der Waals surface area contributed by atoms with Gasteiger partial charge in [-0.25, -0.2) is 9.97 Å². The molecule has 1 spiro atoms. The molecule has 1 unspecified atom stereocenters. The molecule has 1 aliphatic carbocycles. The van der Waals surface area contributed by atoms with Gasteiger partial charge in [-0.05, 0) is 62.3 Å². The number of likely N-dealkylation sites (tertiary alicyclic amines) is 1. The molecular weight excluding hydrogens is 372 g/mol. The molecule has 0 N–H and O–H groups in total. The molecule has 2 aliphatic rings. The minimum atomic E-state index is -0.0417. The molecule has 152 valence electrons. The van der Waals surface area contributed by atoms with E-state index in [9.17, 15) is 4.79 Å². The Bertz CT molecular complexity index is 1110. The molecule has 5 nitrogen and oxygen atoms in total. The number of aryl methyl sites for hydroxylation is 3. The fourth-order valence-electron chi connectivity index (χ4n) is 5.18. The van der Waals surface area contributed by atoms with Gasteiger partial charge in [0.15, 0.2) is 0 Å². The maximum absolute atomic E-state index is 13.8. The van der Waals surface area contributed by atoms with Crippen LogP contribution in [0.1, 0.15) is 52.4 Å². The Kier molecular flexibility index (Phi) is 4.61. The predicted molar refractivity (Wildman–Crippen MR) is 116 cm³/mol. The van der Waals surface area contributed by atoms with Crippen molar-refractivity contribution in [3.05, 3.63) is 77.1 Å². The highest BCUT2D eigenvalue weighted by molar-refractivity contribution is 6.02. The van der Waals surface area contributed by atoms with E-state index in [0.717, 1.165) is 67.0 Å². The molecule has 0 bridgehead atoms. The molecule has 5 heteroatoms. The topological polar surface area (TPSA) is 59.0 Å². The van der Waals surface area contributed by atoms with Gasteiger partial charge in [0.05, 0.1) is 17.0 Å². The number of fused-ring (bicyclic) bond motifs is 2. The Morgan fingerprint density at radius 2 is 1.90 bits per heavy atom. The predicted octanol–water partition coefficient (Wildman–Crippen LogP) is 4.28. The van der Waals surface area contributed by atoms with Crippen LogP contribution in [0.4, 0.5) is 0 Å². The fourth-order valence-corrected chi connectivity index (χ4v) is 5.18. The van der Waals surface area contributed by atoms with Gasteiger partial charge in [-0.1, -0.05) is 30.3 Å². The van der Waals surface area contributed by atoms with Gasteiger partial charge in [0, 0.05) is 30.9 Å². The second-order valence-electron chi connectivity index (χ2n) is 8.59. The maximum Gasteiger partial charge on any atom is 0.256 e. The summed E-state index contributed by atoms with van der Waals surface area (Å²) in [5.41, 5.74) is 5.88. The van der Waals surface area contributed by atoms with Crippen LogP contribution in [0.3, 0.4) is 0 Å². The molecule has 1 atom stereocenters. The molecule has 1 fully saturated rings. The lowest BCUT2D eigenvalue weighted by atomic mass is 9.77. The number of hydrogen-bond acceptors (Lipinski definition) is 4. The number of rotatable bonds is 2. The zero-order valence-corrected chi connectivity index (χ0v) is 17.6. The highest BCUT2D eigenvalue weighted by atomic mass is 16.2. The van der Waals surface area contributed by atoms with Gasteiger partial charge in [-0.3, -0.25) is 9.78 Å². The number of hydrogen-bond donors (Lipinski definition) is 0. The molecule has 5 rings (SSSR count). The van der Waals surface area contributed by atoms with Crippen LogP contribution in [0.5, 0.6) is 0 Å². The molecule has 0 radical (unpaired) electrons.